The van der Waals surface area contributed by atoms with Crippen molar-refractivity contribution in [2.45, 2.75) is 19.1 Å². The summed E-state index contributed by atoms with van der Waals surface area (Å²) in [5.74, 6) is -3.71. The Morgan fingerprint density at radius 3 is 2.76 bits per heavy atom. The van der Waals surface area contributed by atoms with E-state index in [9.17, 15) is 13.2 Å². The van der Waals surface area contributed by atoms with Gasteiger partial charge in [0.25, 0.3) is 0 Å². The molecule has 0 fully saturated rings. The van der Waals surface area contributed by atoms with Crippen LogP contribution in [0, 0.1) is 17.5 Å². The van der Waals surface area contributed by atoms with Crippen LogP contribution in [0.25, 0.3) is 0 Å². The normalized spacial score (nSPS) is 18.0. The van der Waals surface area contributed by atoms with Crippen molar-refractivity contribution in [1.29, 1.82) is 0 Å². The number of pyridine rings is 1. The molecule has 1 aromatic carbocycles. The molecule has 0 saturated carbocycles. The molecule has 110 valence electrons. The summed E-state index contributed by atoms with van der Waals surface area (Å²) >= 11 is 0. The van der Waals surface area contributed by atoms with E-state index in [1.165, 1.54) is 0 Å². The van der Waals surface area contributed by atoms with E-state index in [1.54, 1.807) is 18.5 Å². The van der Waals surface area contributed by atoms with Crippen LogP contribution >= 0.6 is 0 Å². The molecule has 1 aliphatic heterocycles. The Hall–Kier alpha value is -1.92. The summed E-state index contributed by atoms with van der Waals surface area (Å²) in [6, 6.07) is 4.41. The maximum atomic E-state index is 13.9. The van der Waals surface area contributed by atoms with Crippen molar-refractivity contribution in [3.8, 4) is 0 Å². The zero-order valence-corrected chi connectivity index (χ0v) is 11.2. The van der Waals surface area contributed by atoms with Gasteiger partial charge in [0.1, 0.15) is 0 Å². The van der Waals surface area contributed by atoms with Crippen LogP contribution in [0.15, 0.2) is 30.6 Å². The molecule has 0 amide bonds. The lowest BCUT2D eigenvalue weighted by Crippen LogP contribution is -2.27. The van der Waals surface area contributed by atoms with E-state index >= 15 is 0 Å². The maximum Gasteiger partial charge on any atom is 0.194 e. The lowest BCUT2D eigenvalue weighted by Gasteiger charge is -2.23. The van der Waals surface area contributed by atoms with Crippen molar-refractivity contribution in [3.05, 3.63) is 64.7 Å². The molecule has 1 atom stereocenters. The number of benzene rings is 1. The van der Waals surface area contributed by atoms with E-state index in [-0.39, 0.29) is 24.7 Å². The second-order valence-electron chi connectivity index (χ2n) is 5.07. The van der Waals surface area contributed by atoms with Crippen molar-refractivity contribution in [2.75, 3.05) is 6.54 Å². The average Bonchev–Trinajstić information content (AvgIpc) is 2.83. The second-order valence-corrected chi connectivity index (χ2v) is 5.07. The first-order valence-electron chi connectivity index (χ1n) is 6.61. The van der Waals surface area contributed by atoms with E-state index in [2.05, 4.69) is 4.98 Å². The fraction of sp³-hybridized carbons (Fsp3) is 0.267. The monoisotopic (exact) mass is 293 g/mol. The highest BCUT2D eigenvalue weighted by Gasteiger charge is 2.34. The third-order valence-corrected chi connectivity index (χ3v) is 3.79. The first kappa shape index (κ1) is 14.0. The Kier molecular flexibility index (Phi) is 3.65. The first-order valence-corrected chi connectivity index (χ1v) is 6.61. The van der Waals surface area contributed by atoms with Crippen LogP contribution < -0.4 is 5.73 Å². The Balaban J connectivity index is 1.94. The summed E-state index contributed by atoms with van der Waals surface area (Å²) in [6.07, 6.45) is 3.36. The molecule has 2 heterocycles. The van der Waals surface area contributed by atoms with E-state index in [0.717, 1.165) is 11.6 Å². The molecular formula is C15H14F3N3. The van der Waals surface area contributed by atoms with E-state index in [1.807, 2.05) is 11.0 Å². The molecule has 2 aromatic rings. The van der Waals surface area contributed by atoms with Gasteiger partial charge >= 0.3 is 0 Å². The van der Waals surface area contributed by atoms with Crippen LogP contribution in [-0.4, -0.2) is 16.4 Å². The van der Waals surface area contributed by atoms with Gasteiger partial charge in [-0.15, -0.1) is 0 Å². The van der Waals surface area contributed by atoms with E-state index in [0.29, 0.717) is 12.1 Å². The van der Waals surface area contributed by atoms with Crippen molar-refractivity contribution >= 4 is 0 Å². The summed E-state index contributed by atoms with van der Waals surface area (Å²) in [5, 5.41) is 0. The molecule has 1 aromatic heterocycles. The smallest absolute Gasteiger partial charge is 0.194 e. The summed E-state index contributed by atoms with van der Waals surface area (Å²) < 4.78 is 40.7. The van der Waals surface area contributed by atoms with Crippen LogP contribution in [0.5, 0.6) is 0 Å². The number of nitrogens with zero attached hydrogens (tertiary/aromatic N) is 2. The number of aromatic nitrogens is 1. The van der Waals surface area contributed by atoms with Crippen molar-refractivity contribution in [1.82, 2.24) is 9.88 Å². The highest BCUT2D eigenvalue weighted by atomic mass is 19.2. The van der Waals surface area contributed by atoms with Crippen LogP contribution in [-0.2, 0) is 13.1 Å². The Morgan fingerprint density at radius 2 is 2.10 bits per heavy atom. The zero-order valence-electron chi connectivity index (χ0n) is 11.2. The third kappa shape index (κ3) is 2.41. The van der Waals surface area contributed by atoms with Crippen molar-refractivity contribution in [3.63, 3.8) is 0 Å². The molecule has 2 N–H and O–H groups in total. The van der Waals surface area contributed by atoms with Crippen molar-refractivity contribution < 1.29 is 13.2 Å². The van der Waals surface area contributed by atoms with Gasteiger partial charge in [0, 0.05) is 43.6 Å². The quantitative estimate of drug-likeness (QED) is 0.884. The summed E-state index contributed by atoms with van der Waals surface area (Å²) in [4.78, 5) is 5.91. The molecule has 0 saturated heterocycles. The number of hydrogen-bond acceptors (Lipinski definition) is 3. The fourth-order valence-corrected chi connectivity index (χ4v) is 2.79. The molecule has 3 nitrogen and oxygen atoms in total. The summed E-state index contributed by atoms with van der Waals surface area (Å²) in [6.45, 7) is 0.903. The SMILES string of the molecule is NCC1c2cc(F)c(F)c(F)c2CN1Cc1cccnc1. The summed E-state index contributed by atoms with van der Waals surface area (Å²) in [5.41, 5.74) is 7.29. The van der Waals surface area contributed by atoms with Gasteiger partial charge in [0.2, 0.25) is 0 Å². The fourth-order valence-electron chi connectivity index (χ4n) is 2.79. The van der Waals surface area contributed by atoms with Gasteiger partial charge in [0.05, 0.1) is 0 Å². The maximum absolute atomic E-state index is 13.9. The van der Waals surface area contributed by atoms with Gasteiger partial charge in [-0.05, 0) is 23.3 Å². The standard InChI is InChI=1S/C15H14F3N3/c16-12-4-10-11(14(17)15(12)18)8-21(13(10)5-19)7-9-2-1-3-20-6-9/h1-4,6,13H,5,7-8,19H2. The number of rotatable bonds is 3. The predicted molar refractivity (Wildman–Crippen MR) is 71.6 cm³/mol. The molecule has 0 bridgehead atoms. The molecule has 0 radical (unpaired) electrons. The lowest BCUT2D eigenvalue weighted by molar-refractivity contribution is 0.209. The van der Waals surface area contributed by atoms with Crippen LogP contribution in [0.2, 0.25) is 0 Å². The van der Waals surface area contributed by atoms with Crippen molar-refractivity contribution in [2.24, 2.45) is 5.73 Å². The van der Waals surface area contributed by atoms with E-state index < -0.39 is 17.5 Å². The first-order chi connectivity index (χ1) is 10.1. The average molecular weight is 293 g/mol. The molecule has 21 heavy (non-hydrogen) atoms. The number of fused-ring (bicyclic) bond motifs is 1. The van der Waals surface area contributed by atoms with Gasteiger partial charge in [0.15, 0.2) is 17.5 Å². The summed E-state index contributed by atoms with van der Waals surface area (Å²) in [7, 11) is 0. The molecule has 6 heteroatoms. The van der Waals surface area contributed by atoms with Gasteiger partial charge in [-0.25, -0.2) is 13.2 Å². The largest absolute Gasteiger partial charge is 0.329 e. The van der Waals surface area contributed by atoms with Crippen LogP contribution in [0.4, 0.5) is 13.2 Å². The number of hydrogen-bond donors (Lipinski definition) is 1. The second kappa shape index (κ2) is 5.46. The molecule has 1 aliphatic rings. The topological polar surface area (TPSA) is 42.1 Å². The Bertz CT molecular complexity index is 661. The minimum atomic E-state index is -1.42. The molecule has 1 unspecified atom stereocenters. The Morgan fingerprint density at radius 1 is 1.29 bits per heavy atom. The number of nitrogens with two attached hydrogens (primary N) is 1. The highest BCUT2D eigenvalue weighted by Crippen LogP contribution is 2.37. The molecule has 0 spiro atoms. The Labute approximate surface area is 120 Å². The molecular weight excluding hydrogens is 279 g/mol. The molecule has 0 aliphatic carbocycles. The molecule has 3 rings (SSSR count). The van der Waals surface area contributed by atoms with Gasteiger partial charge in [-0.3, -0.25) is 9.88 Å². The van der Waals surface area contributed by atoms with Gasteiger partial charge in [-0.2, -0.15) is 0 Å². The minimum Gasteiger partial charge on any atom is -0.329 e. The third-order valence-electron chi connectivity index (χ3n) is 3.79. The lowest BCUT2D eigenvalue weighted by atomic mass is 10.0. The zero-order chi connectivity index (χ0) is 15.0. The predicted octanol–water partition coefficient (Wildman–Crippen LogP) is 2.51. The van der Waals surface area contributed by atoms with Gasteiger partial charge < -0.3 is 5.73 Å². The van der Waals surface area contributed by atoms with Crippen LogP contribution in [0.1, 0.15) is 22.7 Å². The van der Waals surface area contributed by atoms with Crippen LogP contribution in [0.3, 0.4) is 0 Å². The highest BCUT2D eigenvalue weighted by molar-refractivity contribution is 5.37. The van der Waals surface area contributed by atoms with Gasteiger partial charge in [-0.1, -0.05) is 6.07 Å². The number of halogens is 3. The minimum absolute atomic E-state index is 0.188. The van der Waals surface area contributed by atoms with E-state index in [4.69, 9.17) is 5.73 Å².